The van der Waals surface area contributed by atoms with Crippen molar-refractivity contribution >= 4 is 0 Å². The Bertz CT molecular complexity index is 639. The van der Waals surface area contributed by atoms with E-state index >= 15 is 0 Å². The molecule has 1 N–H and O–H groups in total. The van der Waals surface area contributed by atoms with E-state index in [1.54, 1.807) is 12.1 Å². The van der Waals surface area contributed by atoms with Crippen molar-refractivity contribution in [3.8, 4) is 5.75 Å². The van der Waals surface area contributed by atoms with Gasteiger partial charge in [0.2, 0.25) is 0 Å². The monoisotopic (exact) mass is 272 g/mol. The molecule has 0 bridgehead atoms. The molecule has 1 aliphatic heterocycles. The van der Waals surface area contributed by atoms with Gasteiger partial charge in [-0.3, -0.25) is 0 Å². The van der Waals surface area contributed by atoms with Crippen LogP contribution in [0.25, 0.3) is 0 Å². The first-order chi connectivity index (χ1) is 9.63. The minimum Gasteiger partial charge on any atom is -0.493 e. The van der Waals surface area contributed by atoms with Gasteiger partial charge in [-0.15, -0.1) is 0 Å². The molecule has 104 valence electrons. The van der Waals surface area contributed by atoms with Gasteiger partial charge in [0.25, 0.3) is 0 Å². The molecule has 2 aromatic carbocycles. The zero-order valence-corrected chi connectivity index (χ0v) is 11.4. The third-order valence-electron chi connectivity index (χ3n) is 3.98. The highest BCUT2D eigenvalue weighted by atomic mass is 19.1. The Morgan fingerprint density at radius 1 is 1.20 bits per heavy atom. The molecule has 20 heavy (non-hydrogen) atoms. The first-order valence-corrected chi connectivity index (χ1v) is 6.88. The van der Waals surface area contributed by atoms with Gasteiger partial charge in [0, 0.05) is 6.42 Å². The van der Waals surface area contributed by atoms with Crippen LogP contribution in [0.15, 0.2) is 42.5 Å². The maximum Gasteiger partial charge on any atom is 0.123 e. The second-order valence-corrected chi connectivity index (χ2v) is 5.15. The van der Waals surface area contributed by atoms with Crippen molar-refractivity contribution in [2.45, 2.75) is 25.4 Å². The van der Waals surface area contributed by atoms with Crippen LogP contribution in [0.4, 0.5) is 4.39 Å². The fraction of sp³-hybridized carbons (Fsp3) is 0.294. The summed E-state index contributed by atoms with van der Waals surface area (Å²) in [5.74, 6) is 0.547. The van der Waals surface area contributed by atoms with Gasteiger partial charge >= 0.3 is 0 Å². The zero-order valence-electron chi connectivity index (χ0n) is 11.4. The highest BCUT2D eigenvalue weighted by Crippen LogP contribution is 2.36. The van der Waals surface area contributed by atoms with E-state index in [0.29, 0.717) is 18.6 Å². The van der Waals surface area contributed by atoms with Crippen LogP contribution in [0.1, 0.15) is 30.0 Å². The standard InChI is InChI=1S/C17H17FO2/c1-2-17(19,13-4-3-5-15(18)11-13)14-6-7-16-12(10-14)8-9-20-16/h3-7,10-11,19H,2,8-9H2,1H3. The summed E-state index contributed by atoms with van der Waals surface area (Å²) in [6.45, 7) is 2.58. The van der Waals surface area contributed by atoms with Crippen LogP contribution in [-0.4, -0.2) is 11.7 Å². The summed E-state index contributed by atoms with van der Waals surface area (Å²) in [5, 5.41) is 11.0. The maximum atomic E-state index is 13.4. The third-order valence-corrected chi connectivity index (χ3v) is 3.98. The summed E-state index contributed by atoms with van der Waals surface area (Å²) in [7, 11) is 0. The molecule has 2 aromatic rings. The molecule has 3 rings (SSSR count). The van der Waals surface area contributed by atoms with Crippen molar-refractivity contribution in [1.82, 2.24) is 0 Å². The fourth-order valence-electron chi connectivity index (χ4n) is 2.76. The topological polar surface area (TPSA) is 29.5 Å². The summed E-state index contributed by atoms with van der Waals surface area (Å²) in [6.07, 6.45) is 1.34. The van der Waals surface area contributed by atoms with Crippen molar-refractivity contribution in [2.75, 3.05) is 6.61 Å². The Kier molecular flexibility index (Phi) is 3.22. The Morgan fingerprint density at radius 2 is 2.00 bits per heavy atom. The largest absolute Gasteiger partial charge is 0.493 e. The second kappa shape index (κ2) is 4.91. The minimum absolute atomic E-state index is 0.334. The van der Waals surface area contributed by atoms with Crippen LogP contribution < -0.4 is 4.74 Å². The minimum atomic E-state index is -1.17. The average molecular weight is 272 g/mol. The summed E-state index contributed by atoms with van der Waals surface area (Å²) in [5.41, 5.74) is 1.30. The summed E-state index contributed by atoms with van der Waals surface area (Å²) >= 11 is 0. The Hall–Kier alpha value is -1.87. The Morgan fingerprint density at radius 3 is 2.75 bits per heavy atom. The highest BCUT2D eigenvalue weighted by Gasteiger charge is 2.31. The van der Waals surface area contributed by atoms with E-state index in [0.717, 1.165) is 23.3 Å². The molecule has 1 aliphatic rings. The van der Waals surface area contributed by atoms with E-state index in [1.165, 1.54) is 12.1 Å². The molecular weight excluding hydrogens is 255 g/mol. The van der Waals surface area contributed by atoms with Gasteiger partial charge in [0.15, 0.2) is 0 Å². The maximum absolute atomic E-state index is 13.4. The van der Waals surface area contributed by atoms with Gasteiger partial charge in [-0.2, -0.15) is 0 Å². The molecule has 0 radical (unpaired) electrons. The molecule has 0 saturated heterocycles. The number of rotatable bonds is 3. The van der Waals surface area contributed by atoms with Gasteiger partial charge in [-0.1, -0.05) is 25.1 Å². The lowest BCUT2D eigenvalue weighted by Gasteiger charge is -2.28. The molecular formula is C17H17FO2. The van der Waals surface area contributed by atoms with Crippen LogP contribution in [0, 0.1) is 5.82 Å². The highest BCUT2D eigenvalue weighted by molar-refractivity contribution is 5.45. The molecule has 1 heterocycles. The summed E-state index contributed by atoms with van der Waals surface area (Å²) in [6, 6.07) is 11.9. The first-order valence-electron chi connectivity index (χ1n) is 6.88. The Balaban J connectivity index is 2.08. The number of fused-ring (bicyclic) bond motifs is 1. The van der Waals surface area contributed by atoms with E-state index in [4.69, 9.17) is 4.74 Å². The van der Waals surface area contributed by atoms with Gasteiger partial charge in [-0.25, -0.2) is 4.39 Å². The average Bonchev–Trinajstić information content (AvgIpc) is 2.93. The molecule has 0 saturated carbocycles. The quantitative estimate of drug-likeness (QED) is 0.928. The molecule has 0 aliphatic carbocycles. The van der Waals surface area contributed by atoms with Crippen LogP contribution >= 0.6 is 0 Å². The van der Waals surface area contributed by atoms with Crippen molar-refractivity contribution in [3.63, 3.8) is 0 Å². The van der Waals surface area contributed by atoms with Crippen LogP contribution in [-0.2, 0) is 12.0 Å². The predicted octanol–water partition coefficient (Wildman–Crippen LogP) is 3.41. The molecule has 1 atom stereocenters. The summed E-state index contributed by atoms with van der Waals surface area (Å²) in [4.78, 5) is 0. The number of benzene rings is 2. The van der Waals surface area contributed by atoms with Crippen LogP contribution in [0.2, 0.25) is 0 Å². The van der Waals surface area contributed by atoms with E-state index in [2.05, 4.69) is 0 Å². The van der Waals surface area contributed by atoms with Crippen LogP contribution in [0.3, 0.4) is 0 Å². The number of halogens is 1. The normalized spacial score (nSPS) is 16.4. The van der Waals surface area contributed by atoms with E-state index in [-0.39, 0.29) is 5.82 Å². The number of ether oxygens (including phenoxy) is 1. The molecule has 1 unspecified atom stereocenters. The first kappa shape index (κ1) is 13.1. The molecule has 3 heteroatoms. The lowest BCUT2D eigenvalue weighted by molar-refractivity contribution is 0.0761. The molecule has 0 fully saturated rings. The predicted molar refractivity (Wildman–Crippen MR) is 75.3 cm³/mol. The van der Waals surface area contributed by atoms with Gasteiger partial charge in [0.1, 0.15) is 17.2 Å². The van der Waals surface area contributed by atoms with E-state index in [1.807, 2.05) is 25.1 Å². The van der Waals surface area contributed by atoms with Crippen LogP contribution in [0.5, 0.6) is 5.75 Å². The molecule has 0 amide bonds. The smallest absolute Gasteiger partial charge is 0.123 e. The van der Waals surface area contributed by atoms with Gasteiger partial charge in [-0.05, 0) is 47.4 Å². The third kappa shape index (κ3) is 2.08. The summed E-state index contributed by atoms with van der Waals surface area (Å²) < 4.78 is 18.9. The molecule has 0 aromatic heterocycles. The van der Waals surface area contributed by atoms with E-state index < -0.39 is 5.60 Å². The number of aliphatic hydroxyl groups is 1. The second-order valence-electron chi connectivity index (χ2n) is 5.15. The lowest BCUT2D eigenvalue weighted by atomic mass is 9.83. The Labute approximate surface area is 117 Å². The fourth-order valence-corrected chi connectivity index (χ4v) is 2.76. The SMILES string of the molecule is CCC(O)(c1cccc(F)c1)c1ccc2c(c1)CCO2. The van der Waals surface area contributed by atoms with Gasteiger partial charge < -0.3 is 9.84 Å². The van der Waals surface area contributed by atoms with Crippen molar-refractivity contribution in [1.29, 1.82) is 0 Å². The number of hydrogen-bond donors (Lipinski definition) is 1. The molecule has 2 nitrogen and oxygen atoms in total. The van der Waals surface area contributed by atoms with Crippen molar-refractivity contribution in [2.24, 2.45) is 0 Å². The van der Waals surface area contributed by atoms with E-state index in [9.17, 15) is 9.50 Å². The lowest BCUT2D eigenvalue weighted by Crippen LogP contribution is -2.26. The van der Waals surface area contributed by atoms with Gasteiger partial charge in [0.05, 0.1) is 6.61 Å². The molecule has 0 spiro atoms. The van der Waals surface area contributed by atoms with Crippen molar-refractivity contribution < 1.29 is 14.2 Å². The number of hydrogen-bond acceptors (Lipinski definition) is 2. The zero-order chi connectivity index (χ0) is 14.2. The van der Waals surface area contributed by atoms with Crippen molar-refractivity contribution in [3.05, 3.63) is 65.0 Å².